The van der Waals surface area contributed by atoms with Gasteiger partial charge in [-0.3, -0.25) is 4.79 Å². The highest BCUT2D eigenvalue weighted by Gasteiger charge is 2.13. The van der Waals surface area contributed by atoms with Crippen LogP contribution in [0.2, 0.25) is 0 Å². The first-order valence-corrected chi connectivity index (χ1v) is 5.44. The first-order valence-electron chi connectivity index (χ1n) is 5.44. The summed E-state index contributed by atoms with van der Waals surface area (Å²) in [6.07, 6.45) is 0. The zero-order chi connectivity index (χ0) is 13.0. The first-order chi connectivity index (χ1) is 8.76. The normalized spacial score (nSPS) is 9.56. The number of ether oxygens (including phenoxy) is 1. The van der Waals surface area contributed by atoms with Crippen molar-refractivity contribution < 1.29 is 9.53 Å². The molecule has 0 atom stereocenters. The van der Waals surface area contributed by atoms with Crippen molar-refractivity contribution in [2.75, 3.05) is 7.11 Å². The lowest BCUT2D eigenvalue weighted by atomic mass is 9.99. The zero-order valence-corrected chi connectivity index (χ0v) is 9.88. The lowest BCUT2D eigenvalue weighted by Gasteiger charge is -2.05. The number of rotatable bonds is 3. The summed E-state index contributed by atoms with van der Waals surface area (Å²) in [6, 6.07) is 15.8. The summed E-state index contributed by atoms with van der Waals surface area (Å²) in [6.45, 7) is 0. The van der Waals surface area contributed by atoms with Gasteiger partial charge in [0.2, 0.25) is 0 Å². The molecule has 0 aliphatic heterocycles. The van der Waals surface area contributed by atoms with Crippen molar-refractivity contribution in [3.63, 3.8) is 0 Å². The van der Waals surface area contributed by atoms with Crippen LogP contribution in [0.3, 0.4) is 0 Å². The predicted molar refractivity (Wildman–Crippen MR) is 67.6 cm³/mol. The Bertz CT molecular complexity index is 612. The smallest absolute Gasteiger partial charge is 0.194 e. The number of methoxy groups -OCH3 is 1. The number of carbonyl (C=O) groups excluding carboxylic acids is 1. The van der Waals surface area contributed by atoms with Gasteiger partial charge in [0.1, 0.15) is 11.8 Å². The summed E-state index contributed by atoms with van der Waals surface area (Å²) < 4.78 is 5.03. The Morgan fingerprint density at radius 2 is 1.89 bits per heavy atom. The SMILES string of the molecule is COc1ccc(C(=O)c2ccccc2)c(C#N)c1. The molecule has 0 radical (unpaired) electrons. The molecule has 2 aromatic carbocycles. The van der Waals surface area contributed by atoms with E-state index in [0.717, 1.165) is 0 Å². The summed E-state index contributed by atoms with van der Waals surface area (Å²) in [5, 5.41) is 9.08. The summed E-state index contributed by atoms with van der Waals surface area (Å²) in [5.74, 6) is 0.408. The molecule has 2 rings (SSSR count). The lowest BCUT2D eigenvalue weighted by molar-refractivity contribution is 0.103. The largest absolute Gasteiger partial charge is 0.497 e. The van der Waals surface area contributed by atoms with Gasteiger partial charge in [-0.05, 0) is 18.2 Å². The van der Waals surface area contributed by atoms with Crippen LogP contribution in [0.15, 0.2) is 48.5 Å². The Balaban J connectivity index is 2.46. The first kappa shape index (κ1) is 11.9. The van der Waals surface area contributed by atoms with Crippen LogP contribution in [0, 0.1) is 11.3 Å². The van der Waals surface area contributed by atoms with E-state index in [1.54, 1.807) is 42.5 Å². The Hall–Kier alpha value is -2.60. The van der Waals surface area contributed by atoms with Crippen molar-refractivity contribution >= 4 is 5.78 Å². The molecule has 3 nitrogen and oxygen atoms in total. The number of benzene rings is 2. The Morgan fingerprint density at radius 3 is 2.50 bits per heavy atom. The van der Waals surface area contributed by atoms with E-state index >= 15 is 0 Å². The number of carbonyl (C=O) groups is 1. The van der Waals surface area contributed by atoms with Gasteiger partial charge >= 0.3 is 0 Å². The second-order valence-corrected chi connectivity index (χ2v) is 3.72. The van der Waals surface area contributed by atoms with Crippen molar-refractivity contribution in [2.45, 2.75) is 0 Å². The van der Waals surface area contributed by atoms with Crippen molar-refractivity contribution in [3.8, 4) is 11.8 Å². The summed E-state index contributed by atoms with van der Waals surface area (Å²) in [7, 11) is 1.52. The second-order valence-electron chi connectivity index (χ2n) is 3.72. The molecule has 0 spiro atoms. The van der Waals surface area contributed by atoms with Gasteiger partial charge in [-0.1, -0.05) is 30.3 Å². The molecular formula is C15H11NO2. The number of hydrogen-bond acceptors (Lipinski definition) is 3. The van der Waals surface area contributed by atoms with Gasteiger partial charge in [-0.15, -0.1) is 0 Å². The number of ketones is 1. The average Bonchev–Trinajstić information content (AvgIpc) is 2.46. The van der Waals surface area contributed by atoms with Crippen molar-refractivity contribution in [3.05, 3.63) is 65.2 Å². The molecule has 0 aromatic heterocycles. The topological polar surface area (TPSA) is 50.1 Å². The van der Waals surface area contributed by atoms with Crippen molar-refractivity contribution in [2.24, 2.45) is 0 Å². The van der Waals surface area contributed by atoms with Crippen LogP contribution in [0.1, 0.15) is 21.5 Å². The number of hydrogen-bond donors (Lipinski definition) is 0. The summed E-state index contributed by atoms with van der Waals surface area (Å²) in [5.41, 5.74) is 1.28. The molecule has 0 aliphatic rings. The fourth-order valence-electron chi connectivity index (χ4n) is 1.69. The molecule has 0 unspecified atom stereocenters. The minimum absolute atomic E-state index is 0.158. The summed E-state index contributed by atoms with van der Waals surface area (Å²) in [4.78, 5) is 12.2. The highest BCUT2D eigenvalue weighted by atomic mass is 16.5. The van der Waals surface area contributed by atoms with E-state index in [-0.39, 0.29) is 5.78 Å². The van der Waals surface area contributed by atoms with Gasteiger partial charge < -0.3 is 4.74 Å². The molecule has 0 saturated carbocycles. The highest BCUT2D eigenvalue weighted by molar-refractivity contribution is 6.10. The molecule has 0 heterocycles. The second kappa shape index (κ2) is 5.15. The predicted octanol–water partition coefficient (Wildman–Crippen LogP) is 2.80. The molecule has 0 fully saturated rings. The van der Waals surface area contributed by atoms with Crippen LogP contribution in [0.4, 0.5) is 0 Å². The molecule has 0 bridgehead atoms. The fraction of sp³-hybridized carbons (Fsp3) is 0.0667. The fourth-order valence-corrected chi connectivity index (χ4v) is 1.69. The molecule has 3 heteroatoms. The number of nitriles is 1. The molecule has 0 amide bonds. The maximum atomic E-state index is 12.2. The van der Waals surface area contributed by atoms with Crippen molar-refractivity contribution in [1.82, 2.24) is 0 Å². The van der Waals surface area contributed by atoms with Gasteiger partial charge in [0, 0.05) is 11.1 Å². The van der Waals surface area contributed by atoms with E-state index in [2.05, 4.69) is 0 Å². The van der Waals surface area contributed by atoms with Crippen LogP contribution in [0.25, 0.3) is 0 Å². The van der Waals surface area contributed by atoms with E-state index in [1.165, 1.54) is 7.11 Å². The maximum Gasteiger partial charge on any atom is 0.194 e. The van der Waals surface area contributed by atoms with Gasteiger partial charge in [-0.25, -0.2) is 0 Å². The monoisotopic (exact) mass is 237 g/mol. The molecule has 88 valence electrons. The minimum Gasteiger partial charge on any atom is -0.497 e. The molecule has 2 aromatic rings. The standard InChI is InChI=1S/C15H11NO2/c1-18-13-7-8-14(12(9-13)10-16)15(17)11-5-3-2-4-6-11/h2-9H,1H3. The number of nitrogens with zero attached hydrogens (tertiary/aromatic N) is 1. The lowest BCUT2D eigenvalue weighted by Crippen LogP contribution is -2.04. The van der Waals surface area contributed by atoms with Crippen LogP contribution in [-0.2, 0) is 0 Å². The third kappa shape index (κ3) is 2.23. The Labute approximate surface area is 105 Å². The molecular weight excluding hydrogens is 226 g/mol. The average molecular weight is 237 g/mol. The van der Waals surface area contributed by atoms with Crippen LogP contribution < -0.4 is 4.74 Å². The molecule has 18 heavy (non-hydrogen) atoms. The van der Waals surface area contributed by atoms with Crippen molar-refractivity contribution in [1.29, 1.82) is 5.26 Å². The summed E-state index contributed by atoms with van der Waals surface area (Å²) >= 11 is 0. The molecule has 0 N–H and O–H groups in total. The molecule has 0 saturated heterocycles. The van der Waals surface area contributed by atoms with Gasteiger partial charge in [0.15, 0.2) is 5.78 Å². The van der Waals surface area contributed by atoms with Crippen LogP contribution in [-0.4, -0.2) is 12.9 Å². The van der Waals surface area contributed by atoms with Gasteiger partial charge in [0.05, 0.1) is 12.7 Å². The van der Waals surface area contributed by atoms with Crippen LogP contribution >= 0.6 is 0 Å². The van der Waals surface area contributed by atoms with E-state index in [1.807, 2.05) is 12.1 Å². The highest BCUT2D eigenvalue weighted by Crippen LogP contribution is 2.19. The Kier molecular flexibility index (Phi) is 3.40. The molecule has 0 aliphatic carbocycles. The third-order valence-electron chi connectivity index (χ3n) is 2.63. The Morgan fingerprint density at radius 1 is 1.17 bits per heavy atom. The van der Waals surface area contributed by atoms with E-state index in [4.69, 9.17) is 10.00 Å². The van der Waals surface area contributed by atoms with Crippen LogP contribution in [0.5, 0.6) is 5.75 Å². The van der Waals surface area contributed by atoms with E-state index in [0.29, 0.717) is 22.4 Å². The third-order valence-corrected chi connectivity index (χ3v) is 2.63. The quantitative estimate of drug-likeness (QED) is 0.771. The zero-order valence-electron chi connectivity index (χ0n) is 9.88. The van der Waals surface area contributed by atoms with E-state index < -0.39 is 0 Å². The minimum atomic E-state index is -0.158. The van der Waals surface area contributed by atoms with Gasteiger partial charge in [-0.2, -0.15) is 5.26 Å². The van der Waals surface area contributed by atoms with Gasteiger partial charge in [0.25, 0.3) is 0 Å². The maximum absolute atomic E-state index is 12.2. The van der Waals surface area contributed by atoms with E-state index in [9.17, 15) is 4.79 Å².